The first-order valence-corrected chi connectivity index (χ1v) is 28.9. The summed E-state index contributed by atoms with van der Waals surface area (Å²) in [6.45, 7) is 5.48. The Morgan fingerprint density at radius 3 is 1.21 bits per heavy atom. The van der Waals surface area contributed by atoms with Crippen LogP contribution in [0.4, 0.5) is 0 Å². The Morgan fingerprint density at radius 1 is 0.476 bits per heavy atom. The molecule has 2 atom stereocenters. The number of allylic oxidation sites excluding steroid dienone is 2. The van der Waals surface area contributed by atoms with Gasteiger partial charge in [-0.25, -0.2) is 0 Å². The number of phosphoric acid groups is 1. The molecule has 0 aromatic carbocycles. The van der Waals surface area contributed by atoms with Crippen molar-refractivity contribution in [2.24, 2.45) is 0 Å². The van der Waals surface area contributed by atoms with Crippen LogP contribution in [0.15, 0.2) is 12.2 Å². The summed E-state index contributed by atoms with van der Waals surface area (Å²) < 4.78 is 34.8. The van der Waals surface area contributed by atoms with E-state index in [4.69, 9.17) is 18.5 Å². The number of phosphoric ester groups is 1. The molecule has 0 N–H and O–H groups in total. The Morgan fingerprint density at radius 2 is 0.825 bits per heavy atom. The maximum atomic E-state index is 12.8. The molecule has 0 radical (unpaired) electrons. The van der Waals surface area contributed by atoms with E-state index in [1.54, 1.807) is 0 Å². The smallest absolute Gasteiger partial charge is 0.306 e. The van der Waals surface area contributed by atoms with Gasteiger partial charge in [0.05, 0.1) is 34.4 Å². The van der Waals surface area contributed by atoms with E-state index in [2.05, 4.69) is 26.0 Å². The molecule has 0 saturated carbocycles. The third-order valence-corrected chi connectivity index (χ3v) is 13.3. The summed E-state index contributed by atoms with van der Waals surface area (Å²) >= 11 is 0. The molecule has 9 heteroatoms. The highest BCUT2D eigenvalue weighted by molar-refractivity contribution is 7.45. The molecule has 0 fully saturated rings. The van der Waals surface area contributed by atoms with Crippen LogP contribution in [0.25, 0.3) is 0 Å². The van der Waals surface area contributed by atoms with Crippen LogP contribution in [-0.2, 0) is 27.9 Å². The quantitative estimate of drug-likeness (QED) is 0.0197. The number of quaternary nitrogens is 1. The summed E-state index contributed by atoms with van der Waals surface area (Å²) in [7, 11) is 1.37. The largest absolute Gasteiger partial charge is 0.756 e. The van der Waals surface area contributed by atoms with Crippen LogP contribution < -0.4 is 4.89 Å². The Hall–Kier alpha value is -0.760. The highest BCUT2D eigenvalue weighted by Crippen LogP contribution is 2.38. The van der Waals surface area contributed by atoms with Gasteiger partial charge in [0.2, 0.25) is 0 Å². The fourth-order valence-electron chi connectivity index (χ4n) is 8.07. The molecule has 0 aromatic heterocycles. The van der Waals surface area contributed by atoms with Gasteiger partial charge in [0, 0.05) is 13.0 Å². The minimum atomic E-state index is -4.53. The first-order valence-electron chi connectivity index (χ1n) is 27.4. The lowest BCUT2D eigenvalue weighted by atomic mass is 10.0. The van der Waals surface area contributed by atoms with Crippen LogP contribution in [0.2, 0.25) is 0 Å². The molecule has 0 aliphatic rings. The van der Waals surface area contributed by atoms with E-state index in [1.165, 1.54) is 218 Å². The minimum absolute atomic E-state index is 0.0297. The summed E-state index contributed by atoms with van der Waals surface area (Å²) in [5.74, 6) is -0.327. The van der Waals surface area contributed by atoms with Crippen molar-refractivity contribution >= 4 is 13.8 Å². The van der Waals surface area contributed by atoms with Crippen molar-refractivity contribution in [3.63, 3.8) is 0 Å². The molecule has 376 valence electrons. The molecule has 2 unspecified atom stereocenters. The number of carbonyl (C=O) groups excluding carboxylic acids is 1. The van der Waals surface area contributed by atoms with E-state index in [9.17, 15) is 14.3 Å². The Labute approximate surface area is 392 Å². The Balaban J connectivity index is 4.06. The normalized spacial score (nSPS) is 13.6. The molecule has 0 aliphatic heterocycles. The van der Waals surface area contributed by atoms with Crippen molar-refractivity contribution < 1.29 is 37.3 Å². The number of hydrogen-bond acceptors (Lipinski definition) is 7. The van der Waals surface area contributed by atoms with E-state index in [0.29, 0.717) is 24.1 Å². The van der Waals surface area contributed by atoms with Crippen molar-refractivity contribution in [3.8, 4) is 0 Å². The summed E-state index contributed by atoms with van der Waals surface area (Å²) in [6.07, 6.45) is 55.3. The molecule has 0 spiro atoms. The van der Waals surface area contributed by atoms with Gasteiger partial charge in [-0.2, -0.15) is 0 Å². The van der Waals surface area contributed by atoms with Crippen LogP contribution in [0.5, 0.6) is 0 Å². The number of esters is 1. The van der Waals surface area contributed by atoms with Gasteiger partial charge in [-0.3, -0.25) is 9.36 Å². The summed E-state index contributed by atoms with van der Waals surface area (Å²) in [5.41, 5.74) is 0. The number of hydrogen-bond donors (Lipinski definition) is 0. The van der Waals surface area contributed by atoms with Crippen molar-refractivity contribution in [2.45, 2.75) is 277 Å². The molecule has 63 heavy (non-hydrogen) atoms. The second kappa shape index (κ2) is 47.7. The zero-order valence-corrected chi connectivity index (χ0v) is 43.7. The van der Waals surface area contributed by atoms with Gasteiger partial charge >= 0.3 is 5.97 Å². The zero-order valence-electron chi connectivity index (χ0n) is 42.8. The molecule has 0 bridgehead atoms. The maximum absolute atomic E-state index is 12.8. The Bertz CT molecular complexity index is 1020. The first kappa shape index (κ1) is 62.2. The van der Waals surface area contributed by atoms with Gasteiger partial charge in [0.1, 0.15) is 19.3 Å². The lowest BCUT2D eigenvalue weighted by Crippen LogP contribution is -2.37. The average Bonchev–Trinajstić information content (AvgIpc) is 3.24. The lowest BCUT2D eigenvalue weighted by Gasteiger charge is -2.28. The second-order valence-electron chi connectivity index (χ2n) is 20.0. The average molecular weight is 914 g/mol. The molecular formula is C54H108NO7P. The zero-order chi connectivity index (χ0) is 46.2. The topological polar surface area (TPSA) is 94.1 Å². The van der Waals surface area contributed by atoms with Gasteiger partial charge in [-0.05, 0) is 38.5 Å². The van der Waals surface area contributed by atoms with Gasteiger partial charge in [-0.15, -0.1) is 0 Å². The van der Waals surface area contributed by atoms with E-state index in [0.717, 1.165) is 32.1 Å². The number of carbonyl (C=O) groups is 1. The number of rotatable bonds is 52. The minimum Gasteiger partial charge on any atom is -0.756 e. The maximum Gasteiger partial charge on any atom is 0.306 e. The first-order chi connectivity index (χ1) is 30.6. The standard InChI is InChI=1S/C54H108NO7P/c1-6-8-10-12-14-16-18-20-22-24-26-27-28-30-32-34-36-38-40-42-44-46-49-59-51-53(52-61-63(57,58)60-50-48-55(3,4)5)62-54(56)47-45-43-41-39-37-35-33-31-29-25-23-21-19-17-15-13-11-9-7-2/h24,26,53H,6-23,25,27-52H2,1-5H3/b26-24-. The molecule has 0 heterocycles. The SMILES string of the molecule is CCCCCCCCCC/C=C\CCCCCCCCCCCCOCC(COP(=O)([O-])OCC[N+](C)(C)C)OC(=O)CCCCCCCCCCCCCCCCCCCCC. The van der Waals surface area contributed by atoms with Crippen LogP contribution in [-0.4, -0.2) is 70.7 Å². The third kappa shape index (κ3) is 52.1. The Kier molecular flexibility index (Phi) is 47.1. The molecule has 0 amide bonds. The van der Waals surface area contributed by atoms with Crippen LogP contribution in [0, 0.1) is 0 Å². The molecule has 0 aliphatic carbocycles. The van der Waals surface area contributed by atoms with E-state index in [1.807, 2.05) is 21.1 Å². The third-order valence-electron chi connectivity index (χ3n) is 12.3. The number of unbranched alkanes of at least 4 members (excludes halogenated alkanes) is 36. The number of likely N-dealkylation sites (N-methyl/N-ethyl adjacent to an activating group) is 1. The summed E-state index contributed by atoms with van der Waals surface area (Å²) in [4.78, 5) is 25.2. The van der Waals surface area contributed by atoms with E-state index >= 15 is 0 Å². The van der Waals surface area contributed by atoms with Crippen molar-refractivity contribution in [2.75, 3.05) is 54.1 Å². The molecule has 0 saturated heterocycles. The second-order valence-corrected chi connectivity index (χ2v) is 21.4. The highest BCUT2D eigenvalue weighted by atomic mass is 31.2. The van der Waals surface area contributed by atoms with Gasteiger partial charge in [-0.1, -0.05) is 238 Å². The van der Waals surface area contributed by atoms with Crippen molar-refractivity contribution in [3.05, 3.63) is 12.2 Å². The monoisotopic (exact) mass is 914 g/mol. The fourth-order valence-corrected chi connectivity index (χ4v) is 8.80. The fraction of sp³-hybridized carbons (Fsp3) is 0.944. The van der Waals surface area contributed by atoms with Crippen molar-refractivity contribution in [1.82, 2.24) is 0 Å². The van der Waals surface area contributed by atoms with E-state index in [-0.39, 0.29) is 25.8 Å². The predicted octanol–water partition coefficient (Wildman–Crippen LogP) is 16.3. The lowest BCUT2D eigenvalue weighted by molar-refractivity contribution is -0.870. The molecular weight excluding hydrogens is 806 g/mol. The van der Waals surface area contributed by atoms with Gasteiger partial charge < -0.3 is 27.9 Å². The van der Waals surface area contributed by atoms with Crippen LogP contribution >= 0.6 is 7.82 Å². The number of nitrogens with zero attached hydrogens (tertiary/aromatic N) is 1. The number of ether oxygens (including phenoxy) is 2. The molecule has 0 rings (SSSR count). The van der Waals surface area contributed by atoms with Gasteiger partial charge in [0.25, 0.3) is 7.82 Å². The van der Waals surface area contributed by atoms with Crippen molar-refractivity contribution in [1.29, 1.82) is 0 Å². The summed E-state index contributed by atoms with van der Waals surface area (Å²) in [6, 6.07) is 0. The molecule has 8 nitrogen and oxygen atoms in total. The summed E-state index contributed by atoms with van der Waals surface area (Å²) in [5, 5.41) is 0. The molecule has 0 aromatic rings. The van der Waals surface area contributed by atoms with E-state index < -0.39 is 13.9 Å². The van der Waals surface area contributed by atoms with Crippen LogP contribution in [0.3, 0.4) is 0 Å². The highest BCUT2D eigenvalue weighted by Gasteiger charge is 2.20. The van der Waals surface area contributed by atoms with Crippen LogP contribution in [0.1, 0.15) is 271 Å². The predicted molar refractivity (Wildman–Crippen MR) is 268 cm³/mol. The van der Waals surface area contributed by atoms with Gasteiger partial charge in [0.15, 0.2) is 0 Å².